The maximum absolute atomic E-state index is 4.11. The van der Waals surface area contributed by atoms with Crippen LogP contribution in [-0.2, 0) is 7.05 Å². The van der Waals surface area contributed by atoms with Crippen molar-refractivity contribution in [3.05, 3.63) is 37.4 Å². The Morgan fingerprint density at radius 2 is 2.12 bits per heavy atom. The van der Waals surface area contributed by atoms with E-state index >= 15 is 0 Å². The van der Waals surface area contributed by atoms with Crippen LogP contribution < -0.4 is 4.57 Å². The second-order valence-corrected chi connectivity index (χ2v) is 4.68. The van der Waals surface area contributed by atoms with Crippen molar-refractivity contribution in [3.63, 3.8) is 0 Å². The summed E-state index contributed by atoms with van der Waals surface area (Å²) in [5, 5.41) is 0. The molecule has 0 saturated carbocycles. The molecule has 0 aliphatic rings. The molecule has 2 aromatic rings. The lowest BCUT2D eigenvalue weighted by molar-refractivity contribution is -0.671. The summed E-state index contributed by atoms with van der Waals surface area (Å²) in [4.78, 5) is 4.11. The molecule has 2 aromatic heterocycles. The Bertz CT molecular complexity index is 444. The van der Waals surface area contributed by atoms with Crippen LogP contribution in [0.2, 0.25) is 0 Å². The summed E-state index contributed by atoms with van der Waals surface area (Å²) in [7, 11) is 2.06. The molecular formula is C13H21N4+. The largest absolute Gasteiger partial charge is 0.335 e. The smallest absolute Gasteiger partial charge is 0.243 e. The number of aryl methyl sites for hydroxylation is 1. The third-order valence-corrected chi connectivity index (χ3v) is 3.33. The summed E-state index contributed by atoms with van der Waals surface area (Å²) in [5.41, 5.74) is 0. The van der Waals surface area contributed by atoms with E-state index in [2.05, 4.69) is 58.3 Å². The van der Waals surface area contributed by atoms with Gasteiger partial charge < -0.3 is 4.57 Å². The Hall–Kier alpha value is -1.58. The Labute approximate surface area is 103 Å². The van der Waals surface area contributed by atoms with E-state index in [-0.39, 0.29) is 0 Å². The molecule has 0 N–H and O–H groups in total. The monoisotopic (exact) mass is 233 g/mol. The van der Waals surface area contributed by atoms with Gasteiger partial charge in [0.25, 0.3) is 0 Å². The zero-order valence-corrected chi connectivity index (χ0v) is 10.8. The molecule has 2 atom stereocenters. The van der Waals surface area contributed by atoms with Crippen molar-refractivity contribution >= 4 is 0 Å². The highest BCUT2D eigenvalue weighted by molar-refractivity contribution is 4.82. The van der Waals surface area contributed by atoms with Gasteiger partial charge in [0.15, 0.2) is 0 Å². The highest BCUT2D eigenvalue weighted by atomic mass is 15.1. The SMILES string of the molecule is CCC(CC(C)n1ccnc1)n1cc[n+](C)c1. The van der Waals surface area contributed by atoms with Crippen LogP contribution in [0.1, 0.15) is 38.8 Å². The molecular weight excluding hydrogens is 212 g/mol. The Morgan fingerprint density at radius 1 is 1.29 bits per heavy atom. The van der Waals surface area contributed by atoms with E-state index in [0.717, 1.165) is 12.8 Å². The van der Waals surface area contributed by atoms with Gasteiger partial charge in [-0.25, -0.2) is 14.1 Å². The minimum atomic E-state index is 0.482. The highest BCUT2D eigenvalue weighted by Crippen LogP contribution is 2.23. The van der Waals surface area contributed by atoms with E-state index in [0.29, 0.717) is 12.1 Å². The van der Waals surface area contributed by atoms with Crippen LogP contribution in [0.15, 0.2) is 37.4 Å². The summed E-state index contributed by atoms with van der Waals surface area (Å²) in [5.74, 6) is 0. The van der Waals surface area contributed by atoms with E-state index in [9.17, 15) is 0 Å². The number of hydrogen-bond donors (Lipinski definition) is 0. The fourth-order valence-electron chi connectivity index (χ4n) is 2.23. The Kier molecular flexibility index (Phi) is 3.61. The van der Waals surface area contributed by atoms with Gasteiger partial charge in [0.1, 0.15) is 18.4 Å². The van der Waals surface area contributed by atoms with E-state index in [1.54, 1.807) is 0 Å². The zero-order chi connectivity index (χ0) is 12.3. The van der Waals surface area contributed by atoms with Crippen LogP contribution in [0.25, 0.3) is 0 Å². The van der Waals surface area contributed by atoms with Crippen molar-refractivity contribution < 1.29 is 4.57 Å². The summed E-state index contributed by atoms with van der Waals surface area (Å²) in [6.45, 7) is 4.49. The van der Waals surface area contributed by atoms with Crippen molar-refractivity contribution in [2.75, 3.05) is 0 Å². The van der Waals surface area contributed by atoms with Crippen LogP contribution in [0.5, 0.6) is 0 Å². The van der Waals surface area contributed by atoms with Crippen molar-refractivity contribution in [1.29, 1.82) is 0 Å². The van der Waals surface area contributed by atoms with E-state index in [1.807, 2.05) is 18.7 Å². The number of nitrogens with zero attached hydrogens (tertiary/aromatic N) is 4. The van der Waals surface area contributed by atoms with E-state index < -0.39 is 0 Å². The van der Waals surface area contributed by atoms with Crippen molar-refractivity contribution in [1.82, 2.24) is 14.1 Å². The first-order chi connectivity index (χ1) is 8.20. The minimum absolute atomic E-state index is 0.482. The lowest BCUT2D eigenvalue weighted by Gasteiger charge is -2.18. The molecule has 4 heteroatoms. The fraction of sp³-hybridized carbons (Fsp3) is 0.538. The predicted molar refractivity (Wildman–Crippen MR) is 66.5 cm³/mol. The summed E-state index contributed by atoms with van der Waals surface area (Å²) in [6.07, 6.45) is 14.4. The summed E-state index contributed by atoms with van der Waals surface area (Å²) < 4.78 is 6.56. The second-order valence-electron chi connectivity index (χ2n) is 4.68. The van der Waals surface area contributed by atoms with Gasteiger partial charge in [0.2, 0.25) is 6.33 Å². The molecule has 0 fully saturated rings. The third kappa shape index (κ3) is 2.75. The molecule has 0 radical (unpaired) electrons. The zero-order valence-electron chi connectivity index (χ0n) is 10.8. The maximum Gasteiger partial charge on any atom is 0.243 e. The van der Waals surface area contributed by atoms with Crippen LogP contribution in [0, 0.1) is 0 Å². The maximum atomic E-state index is 4.11. The lowest BCUT2D eigenvalue weighted by atomic mass is 10.1. The first-order valence-corrected chi connectivity index (χ1v) is 6.21. The summed E-state index contributed by atoms with van der Waals surface area (Å²) >= 11 is 0. The summed E-state index contributed by atoms with van der Waals surface area (Å²) in [6, 6.07) is 1.03. The first kappa shape index (κ1) is 11.9. The van der Waals surface area contributed by atoms with Gasteiger partial charge in [-0.15, -0.1) is 0 Å². The third-order valence-electron chi connectivity index (χ3n) is 3.33. The van der Waals surface area contributed by atoms with E-state index in [4.69, 9.17) is 0 Å². The van der Waals surface area contributed by atoms with Crippen LogP contribution in [0.4, 0.5) is 0 Å². The average molecular weight is 233 g/mol. The molecule has 2 rings (SSSR count). The molecule has 0 amide bonds. The average Bonchev–Trinajstić information content (AvgIpc) is 2.96. The van der Waals surface area contributed by atoms with Gasteiger partial charge in [-0.2, -0.15) is 0 Å². The Morgan fingerprint density at radius 3 is 2.65 bits per heavy atom. The standard InChI is InChI=1S/C13H21N4/c1-4-13(17-8-7-15(3)11-17)9-12(2)16-6-5-14-10-16/h5-8,10-13H,4,9H2,1-3H3/q+1. The number of aromatic nitrogens is 4. The molecule has 2 unspecified atom stereocenters. The fourth-order valence-corrected chi connectivity index (χ4v) is 2.23. The molecule has 4 nitrogen and oxygen atoms in total. The normalized spacial score (nSPS) is 14.8. The van der Waals surface area contributed by atoms with Gasteiger partial charge in [-0.1, -0.05) is 6.92 Å². The number of imidazole rings is 2. The van der Waals surface area contributed by atoms with Crippen LogP contribution >= 0.6 is 0 Å². The molecule has 0 aliphatic heterocycles. The van der Waals surface area contributed by atoms with Crippen LogP contribution in [0.3, 0.4) is 0 Å². The van der Waals surface area contributed by atoms with Crippen molar-refractivity contribution in [2.45, 2.75) is 38.8 Å². The molecule has 92 valence electrons. The topological polar surface area (TPSA) is 26.6 Å². The highest BCUT2D eigenvalue weighted by Gasteiger charge is 2.18. The quantitative estimate of drug-likeness (QED) is 0.727. The molecule has 0 saturated heterocycles. The molecule has 0 aliphatic carbocycles. The van der Waals surface area contributed by atoms with E-state index in [1.165, 1.54) is 0 Å². The van der Waals surface area contributed by atoms with Crippen LogP contribution in [-0.4, -0.2) is 14.1 Å². The van der Waals surface area contributed by atoms with Gasteiger partial charge in [-0.05, 0) is 13.3 Å². The second kappa shape index (κ2) is 5.17. The van der Waals surface area contributed by atoms with Gasteiger partial charge in [0, 0.05) is 24.9 Å². The predicted octanol–water partition coefficient (Wildman–Crippen LogP) is 2.11. The molecule has 0 bridgehead atoms. The first-order valence-electron chi connectivity index (χ1n) is 6.21. The minimum Gasteiger partial charge on any atom is -0.335 e. The number of rotatable bonds is 5. The van der Waals surface area contributed by atoms with Gasteiger partial charge in [-0.3, -0.25) is 0 Å². The van der Waals surface area contributed by atoms with Gasteiger partial charge in [0.05, 0.1) is 13.4 Å². The lowest BCUT2D eigenvalue weighted by Crippen LogP contribution is -2.24. The van der Waals surface area contributed by atoms with Gasteiger partial charge >= 0.3 is 0 Å². The van der Waals surface area contributed by atoms with Crippen molar-refractivity contribution in [2.24, 2.45) is 7.05 Å². The molecule has 17 heavy (non-hydrogen) atoms. The molecule has 0 aromatic carbocycles. The molecule has 0 spiro atoms. The number of hydrogen-bond acceptors (Lipinski definition) is 1. The Balaban J connectivity index is 2.05. The molecule has 2 heterocycles. The van der Waals surface area contributed by atoms with Crippen molar-refractivity contribution in [3.8, 4) is 0 Å².